The lowest BCUT2D eigenvalue weighted by Gasteiger charge is -2.36. The Labute approximate surface area is 90.3 Å². The second kappa shape index (κ2) is 2.83. The van der Waals surface area contributed by atoms with Gasteiger partial charge in [0.1, 0.15) is 5.78 Å². The molecular formula is C12H18N2O. The second-order valence-corrected chi connectivity index (χ2v) is 6.04. The zero-order valence-electron chi connectivity index (χ0n) is 9.42. The fourth-order valence-electron chi connectivity index (χ4n) is 3.03. The van der Waals surface area contributed by atoms with Crippen LogP contribution in [0.1, 0.15) is 39.5 Å². The minimum absolute atomic E-state index is 0.116. The molecule has 0 unspecified atom stereocenters. The van der Waals surface area contributed by atoms with Gasteiger partial charge < -0.3 is 5.43 Å². The van der Waals surface area contributed by atoms with E-state index in [1.54, 1.807) is 0 Å². The van der Waals surface area contributed by atoms with Crippen LogP contribution in [-0.2, 0) is 4.79 Å². The summed E-state index contributed by atoms with van der Waals surface area (Å²) in [6, 6.07) is 0.289. The van der Waals surface area contributed by atoms with E-state index in [9.17, 15) is 4.79 Å². The molecule has 15 heavy (non-hydrogen) atoms. The van der Waals surface area contributed by atoms with Crippen LogP contribution >= 0.6 is 0 Å². The molecule has 2 fully saturated rings. The van der Waals surface area contributed by atoms with E-state index in [1.165, 1.54) is 18.6 Å². The summed E-state index contributed by atoms with van der Waals surface area (Å²) in [6.07, 6.45) is 4.27. The Morgan fingerprint density at radius 3 is 2.80 bits per heavy atom. The summed E-state index contributed by atoms with van der Waals surface area (Å²) in [5, 5.41) is 4.40. The maximum absolute atomic E-state index is 12.1. The standard InChI is InChI=1S/C12H18N2O/c1-12(2)5-8-10(9(15)6-12)11(14-13-8)7-3-4-7/h7-8,10,13H,3-6H2,1-2H3/t8-,10-/m1/s1. The van der Waals surface area contributed by atoms with Gasteiger partial charge in [0.05, 0.1) is 17.7 Å². The molecule has 2 aliphatic carbocycles. The lowest BCUT2D eigenvalue weighted by atomic mass is 9.68. The van der Waals surface area contributed by atoms with Gasteiger partial charge in [0, 0.05) is 6.42 Å². The van der Waals surface area contributed by atoms with Gasteiger partial charge in [-0.05, 0) is 30.6 Å². The van der Waals surface area contributed by atoms with Crippen LogP contribution in [0.15, 0.2) is 5.10 Å². The van der Waals surface area contributed by atoms with E-state index in [2.05, 4.69) is 24.4 Å². The van der Waals surface area contributed by atoms with Crippen molar-refractivity contribution < 1.29 is 4.79 Å². The summed E-state index contributed by atoms with van der Waals surface area (Å²) in [4.78, 5) is 12.1. The van der Waals surface area contributed by atoms with E-state index in [1.807, 2.05) is 0 Å². The first kappa shape index (κ1) is 9.37. The molecule has 3 rings (SSSR count). The molecule has 0 aromatic heterocycles. The molecule has 1 heterocycles. The van der Waals surface area contributed by atoms with Gasteiger partial charge >= 0.3 is 0 Å². The first-order chi connectivity index (χ1) is 7.07. The van der Waals surface area contributed by atoms with E-state index in [4.69, 9.17) is 0 Å². The van der Waals surface area contributed by atoms with Gasteiger partial charge in [-0.3, -0.25) is 4.79 Å². The molecule has 3 aliphatic rings. The summed E-state index contributed by atoms with van der Waals surface area (Å²) in [6.45, 7) is 4.36. The maximum atomic E-state index is 12.1. The van der Waals surface area contributed by atoms with E-state index >= 15 is 0 Å². The number of hydrogen-bond acceptors (Lipinski definition) is 3. The SMILES string of the molecule is CC1(C)CC(=O)[C@@H]2C(C3CC3)=NN[C@@H]2C1. The molecule has 82 valence electrons. The average molecular weight is 206 g/mol. The summed E-state index contributed by atoms with van der Waals surface area (Å²) in [7, 11) is 0. The highest BCUT2D eigenvalue weighted by Gasteiger charge is 2.49. The van der Waals surface area contributed by atoms with Crippen molar-refractivity contribution in [2.45, 2.75) is 45.6 Å². The quantitative estimate of drug-likeness (QED) is 0.710. The highest BCUT2D eigenvalue weighted by atomic mass is 16.1. The smallest absolute Gasteiger partial charge is 0.144 e. The van der Waals surface area contributed by atoms with Crippen LogP contribution in [-0.4, -0.2) is 17.5 Å². The molecule has 0 amide bonds. The van der Waals surface area contributed by atoms with Crippen molar-refractivity contribution in [3.8, 4) is 0 Å². The van der Waals surface area contributed by atoms with Crippen LogP contribution in [0, 0.1) is 17.3 Å². The van der Waals surface area contributed by atoms with Crippen LogP contribution in [0.25, 0.3) is 0 Å². The minimum atomic E-state index is 0.116. The van der Waals surface area contributed by atoms with Crippen molar-refractivity contribution in [1.29, 1.82) is 0 Å². The normalized spacial score (nSPS) is 38.3. The lowest BCUT2D eigenvalue weighted by Crippen LogP contribution is -2.45. The molecule has 0 saturated heterocycles. The number of Topliss-reactive ketones (excluding diaryl/α,β-unsaturated/α-hetero) is 1. The molecule has 0 spiro atoms. The largest absolute Gasteiger partial charge is 0.306 e. The Morgan fingerprint density at radius 1 is 1.40 bits per heavy atom. The van der Waals surface area contributed by atoms with Gasteiger partial charge in [-0.25, -0.2) is 0 Å². The molecule has 3 nitrogen and oxygen atoms in total. The van der Waals surface area contributed by atoms with Gasteiger partial charge in [0.2, 0.25) is 0 Å². The number of rotatable bonds is 1. The maximum Gasteiger partial charge on any atom is 0.144 e. The number of carbonyl (C=O) groups is 1. The number of hydrazone groups is 1. The number of nitrogens with zero attached hydrogens (tertiary/aromatic N) is 1. The molecule has 0 aromatic carbocycles. The summed E-state index contributed by atoms with van der Waals surface area (Å²) in [5.74, 6) is 1.15. The van der Waals surface area contributed by atoms with E-state index in [0.29, 0.717) is 11.7 Å². The molecule has 1 aliphatic heterocycles. The van der Waals surface area contributed by atoms with Crippen molar-refractivity contribution in [2.24, 2.45) is 22.4 Å². The molecule has 2 atom stereocenters. The Kier molecular flexibility index (Phi) is 1.77. The molecule has 1 N–H and O–H groups in total. The predicted molar refractivity (Wildman–Crippen MR) is 58.6 cm³/mol. The van der Waals surface area contributed by atoms with Crippen LogP contribution in [0.4, 0.5) is 0 Å². The Hall–Kier alpha value is -0.860. The van der Waals surface area contributed by atoms with E-state index in [0.717, 1.165) is 12.8 Å². The summed E-state index contributed by atoms with van der Waals surface area (Å²) < 4.78 is 0. The van der Waals surface area contributed by atoms with Crippen molar-refractivity contribution in [1.82, 2.24) is 5.43 Å². The predicted octanol–water partition coefficient (Wildman–Crippen LogP) is 1.73. The number of nitrogens with one attached hydrogen (secondary N) is 1. The first-order valence-corrected chi connectivity index (χ1v) is 5.92. The zero-order valence-corrected chi connectivity index (χ0v) is 9.42. The number of hydrogen-bond donors (Lipinski definition) is 1. The third-order valence-corrected chi connectivity index (χ3v) is 3.85. The monoisotopic (exact) mass is 206 g/mol. The van der Waals surface area contributed by atoms with Crippen LogP contribution < -0.4 is 5.43 Å². The topological polar surface area (TPSA) is 41.5 Å². The van der Waals surface area contributed by atoms with E-state index in [-0.39, 0.29) is 17.4 Å². The fraction of sp³-hybridized carbons (Fsp3) is 0.833. The van der Waals surface area contributed by atoms with Crippen molar-refractivity contribution in [2.75, 3.05) is 0 Å². The van der Waals surface area contributed by atoms with Crippen molar-refractivity contribution in [3.05, 3.63) is 0 Å². The zero-order chi connectivity index (χ0) is 10.6. The molecule has 0 radical (unpaired) electrons. The van der Waals surface area contributed by atoms with Crippen molar-refractivity contribution in [3.63, 3.8) is 0 Å². The van der Waals surface area contributed by atoms with Gasteiger partial charge in [0.25, 0.3) is 0 Å². The molecule has 3 heteroatoms. The first-order valence-electron chi connectivity index (χ1n) is 5.92. The fourth-order valence-corrected chi connectivity index (χ4v) is 3.03. The average Bonchev–Trinajstić information content (AvgIpc) is 2.86. The second-order valence-electron chi connectivity index (χ2n) is 6.04. The van der Waals surface area contributed by atoms with Gasteiger partial charge in [0.15, 0.2) is 0 Å². The van der Waals surface area contributed by atoms with Gasteiger partial charge in [-0.1, -0.05) is 13.8 Å². The highest BCUT2D eigenvalue weighted by Crippen LogP contribution is 2.43. The van der Waals surface area contributed by atoms with Crippen LogP contribution in [0.2, 0.25) is 0 Å². The van der Waals surface area contributed by atoms with E-state index < -0.39 is 0 Å². The van der Waals surface area contributed by atoms with Crippen LogP contribution in [0.3, 0.4) is 0 Å². The third kappa shape index (κ3) is 1.48. The van der Waals surface area contributed by atoms with Crippen molar-refractivity contribution >= 4 is 11.5 Å². The van der Waals surface area contributed by atoms with Gasteiger partial charge in [-0.15, -0.1) is 0 Å². The molecule has 0 bridgehead atoms. The third-order valence-electron chi connectivity index (χ3n) is 3.85. The molecule has 0 aromatic rings. The Morgan fingerprint density at radius 2 is 2.13 bits per heavy atom. The minimum Gasteiger partial charge on any atom is -0.306 e. The number of carbonyl (C=O) groups excluding carboxylic acids is 1. The number of fused-ring (bicyclic) bond motifs is 1. The Balaban J connectivity index is 1.84. The Bertz CT molecular complexity index is 342. The van der Waals surface area contributed by atoms with Gasteiger partial charge in [-0.2, -0.15) is 5.10 Å². The highest BCUT2D eigenvalue weighted by molar-refractivity contribution is 6.09. The summed E-state index contributed by atoms with van der Waals surface area (Å²) >= 11 is 0. The molecule has 2 saturated carbocycles. The number of ketones is 1. The van der Waals surface area contributed by atoms with Crippen LogP contribution in [0.5, 0.6) is 0 Å². The lowest BCUT2D eigenvalue weighted by molar-refractivity contribution is -0.126. The summed E-state index contributed by atoms with van der Waals surface area (Å²) in [5.41, 5.74) is 4.50. The molecular weight excluding hydrogens is 188 g/mol.